The number of rotatable bonds is 4. The number of aromatic nitrogens is 2. The predicted molar refractivity (Wildman–Crippen MR) is 102 cm³/mol. The smallest absolute Gasteiger partial charge is 0.308 e. The molecular formula is C19H18ClN3O2S. The van der Waals surface area contributed by atoms with Crippen molar-refractivity contribution in [1.29, 1.82) is 0 Å². The number of halogens is 1. The van der Waals surface area contributed by atoms with Gasteiger partial charge in [-0.1, -0.05) is 23.7 Å². The molecule has 1 N–H and O–H groups in total. The van der Waals surface area contributed by atoms with Crippen LogP contribution in [0.5, 0.6) is 0 Å². The lowest BCUT2D eigenvalue weighted by atomic mass is 9.89. The highest BCUT2D eigenvalue weighted by Gasteiger charge is 2.49. The van der Waals surface area contributed by atoms with Crippen LogP contribution in [-0.2, 0) is 11.3 Å². The number of aliphatic carboxylic acids is 1. The maximum atomic E-state index is 11.6. The molecule has 134 valence electrons. The zero-order valence-corrected chi connectivity index (χ0v) is 15.6. The van der Waals surface area contributed by atoms with Crippen molar-refractivity contribution in [2.45, 2.75) is 37.9 Å². The second-order valence-electron chi connectivity index (χ2n) is 7.12. The third-order valence-electron chi connectivity index (χ3n) is 5.81. The number of benzene rings is 1. The highest BCUT2D eigenvalue weighted by atomic mass is 35.5. The molecule has 2 aliphatic rings. The Morgan fingerprint density at radius 3 is 2.85 bits per heavy atom. The molecule has 3 atom stereocenters. The van der Waals surface area contributed by atoms with Crippen LogP contribution in [0.2, 0.25) is 5.02 Å². The first kappa shape index (κ1) is 16.3. The number of thiazole rings is 1. The Morgan fingerprint density at radius 2 is 2.12 bits per heavy atom. The Balaban J connectivity index is 1.55. The molecule has 2 fully saturated rings. The molecule has 2 aliphatic heterocycles. The van der Waals surface area contributed by atoms with E-state index in [1.807, 2.05) is 29.6 Å². The van der Waals surface area contributed by atoms with E-state index in [2.05, 4.69) is 15.5 Å². The predicted octanol–water partition coefficient (Wildman–Crippen LogP) is 4.15. The summed E-state index contributed by atoms with van der Waals surface area (Å²) in [5.41, 5.74) is 3.14. The van der Waals surface area contributed by atoms with E-state index in [1.54, 1.807) is 11.3 Å². The molecule has 3 aromatic rings. The highest BCUT2D eigenvalue weighted by Crippen LogP contribution is 2.43. The fourth-order valence-corrected chi connectivity index (χ4v) is 5.47. The first-order valence-corrected chi connectivity index (χ1v) is 10.1. The standard InChI is InChI=1S/C19H18ClN3O2S/c20-12-3-1-11(2-4-12)17-16(22-7-8-26-19(22)21-17)10-23-13-5-6-15(23)14(9-13)18(24)25/h1-4,7-8,13-15H,5-6,9-10H2,(H,24,25). The van der Waals surface area contributed by atoms with E-state index in [4.69, 9.17) is 16.6 Å². The van der Waals surface area contributed by atoms with Gasteiger partial charge in [0.1, 0.15) is 0 Å². The van der Waals surface area contributed by atoms with E-state index in [9.17, 15) is 9.90 Å². The minimum atomic E-state index is -0.658. The Hall–Kier alpha value is -1.89. The van der Waals surface area contributed by atoms with Gasteiger partial charge < -0.3 is 5.11 Å². The van der Waals surface area contributed by atoms with Crippen molar-refractivity contribution in [2.75, 3.05) is 0 Å². The lowest BCUT2D eigenvalue weighted by Crippen LogP contribution is -2.33. The van der Waals surface area contributed by atoms with Gasteiger partial charge in [-0.15, -0.1) is 11.3 Å². The summed E-state index contributed by atoms with van der Waals surface area (Å²) in [4.78, 5) is 19.8. The van der Waals surface area contributed by atoms with Crippen LogP contribution in [0.4, 0.5) is 0 Å². The van der Waals surface area contributed by atoms with Crippen molar-refractivity contribution in [2.24, 2.45) is 5.92 Å². The van der Waals surface area contributed by atoms with Gasteiger partial charge in [-0.2, -0.15) is 0 Å². The summed E-state index contributed by atoms with van der Waals surface area (Å²) in [6, 6.07) is 8.26. The van der Waals surface area contributed by atoms with Crippen molar-refractivity contribution in [3.8, 4) is 11.3 Å². The highest BCUT2D eigenvalue weighted by molar-refractivity contribution is 7.15. The van der Waals surface area contributed by atoms with E-state index in [0.717, 1.165) is 47.7 Å². The average molecular weight is 388 g/mol. The minimum absolute atomic E-state index is 0.139. The zero-order chi connectivity index (χ0) is 17.8. The normalized spacial score (nSPS) is 25.3. The summed E-state index contributed by atoms with van der Waals surface area (Å²) < 4.78 is 2.14. The molecule has 1 aromatic carbocycles. The van der Waals surface area contributed by atoms with E-state index in [1.165, 1.54) is 0 Å². The Labute approximate surface area is 159 Å². The molecule has 3 unspecified atom stereocenters. The summed E-state index contributed by atoms with van der Waals surface area (Å²) in [5, 5.41) is 12.3. The maximum absolute atomic E-state index is 11.6. The number of hydrogen-bond donors (Lipinski definition) is 1. The molecule has 5 nitrogen and oxygen atoms in total. The number of nitrogens with zero attached hydrogens (tertiary/aromatic N) is 3. The fourth-order valence-electron chi connectivity index (χ4n) is 4.61. The minimum Gasteiger partial charge on any atom is -0.481 e. The van der Waals surface area contributed by atoms with Gasteiger partial charge in [-0.05, 0) is 31.4 Å². The summed E-state index contributed by atoms with van der Waals surface area (Å²) in [6.45, 7) is 0.731. The quantitative estimate of drug-likeness (QED) is 0.730. The monoisotopic (exact) mass is 387 g/mol. The van der Waals surface area contributed by atoms with E-state index >= 15 is 0 Å². The number of carboxylic acids is 1. The van der Waals surface area contributed by atoms with Gasteiger partial charge in [-0.25, -0.2) is 4.98 Å². The van der Waals surface area contributed by atoms with Crippen molar-refractivity contribution >= 4 is 33.9 Å². The van der Waals surface area contributed by atoms with E-state index < -0.39 is 5.97 Å². The second kappa shape index (κ2) is 6.08. The van der Waals surface area contributed by atoms with E-state index in [0.29, 0.717) is 11.1 Å². The van der Waals surface area contributed by atoms with Crippen molar-refractivity contribution in [3.63, 3.8) is 0 Å². The van der Waals surface area contributed by atoms with Crippen LogP contribution in [0.25, 0.3) is 16.2 Å². The molecule has 0 amide bonds. The summed E-state index contributed by atoms with van der Waals surface area (Å²) in [6.07, 6.45) is 4.88. The first-order valence-electron chi connectivity index (χ1n) is 8.81. The summed E-state index contributed by atoms with van der Waals surface area (Å²) >= 11 is 7.65. The number of carbonyl (C=O) groups is 1. The lowest BCUT2D eigenvalue weighted by molar-refractivity contribution is -0.142. The molecule has 0 aliphatic carbocycles. The van der Waals surface area contributed by atoms with Crippen molar-refractivity contribution in [3.05, 3.63) is 46.6 Å². The molecular weight excluding hydrogens is 370 g/mol. The van der Waals surface area contributed by atoms with Gasteiger partial charge in [-0.3, -0.25) is 14.1 Å². The third kappa shape index (κ3) is 2.47. The zero-order valence-electron chi connectivity index (χ0n) is 14.0. The molecule has 26 heavy (non-hydrogen) atoms. The average Bonchev–Trinajstić information content (AvgIpc) is 3.37. The number of fused-ring (bicyclic) bond motifs is 3. The van der Waals surface area contributed by atoms with Crippen LogP contribution in [0.1, 0.15) is 25.0 Å². The van der Waals surface area contributed by atoms with Gasteiger partial charge in [0.05, 0.1) is 17.3 Å². The maximum Gasteiger partial charge on any atom is 0.308 e. The number of carboxylic acid groups (broad SMARTS) is 1. The van der Waals surface area contributed by atoms with E-state index in [-0.39, 0.29) is 12.0 Å². The van der Waals surface area contributed by atoms with Crippen LogP contribution in [0, 0.1) is 5.92 Å². The van der Waals surface area contributed by atoms with Crippen LogP contribution >= 0.6 is 22.9 Å². The molecule has 2 aromatic heterocycles. The van der Waals surface area contributed by atoms with Gasteiger partial charge in [0, 0.05) is 40.8 Å². The van der Waals surface area contributed by atoms with Crippen LogP contribution < -0.4 is 0 Å². The number of hydrogen-bond acceptors (Lipinski definition) is 4. The molecule has 5 rings (SSSR count). The molecule has 2 saturated heterocycles. The molecule has 4 heterocycles. The van der Waals surface area contributed by atoms with Gasteiger partial charge in [0.15, 0.2) is 4.96 Å². The molecule has 0 saturated carbocycles. The topological polar surface area (TPSA) is 57.8 Å². The molecule has 2 bridgehead atoms. The van der Waals surface area contributed by atoms with Crippen molar-refractivity contribution < 1.29 is 9.90 Å². The third-order valence-corrected chi connectivity index (χ3v) is 6.82. The largest absolute Gasteiger partial charge is 0.481 e. The lowest BCUT2D eigenvalue weighted by Gasteiger charge is -2.23. The molecule has 0 spiro atoms. The fraction of sp³-hybridized carbons (Fsp3) is 0.368. The van der Waals surface area contributed by atoms with Gasteiger partial charge in [0.2, 0.25) is 0 Å². The van der Waals surface area contributed by atoms with Gasteiger partial charge in [0.25, 0.3) is 0 Å². The Morgan fingerprint density at radius 1 is 1.31 bits per heavy atom. The van der Waals surface area contributed by atoms with Gasteiger partial charge >= 0.3 is 5.97 Å². The molecule has 0 radical (unpaired) electrons. The summed E-state index contributed by atoms with van der Waals surface area (Å²) in [5.74, 6) is -0.896. The summed E-state index contributed by atoms with van der Waals surface area (Å²) in [7, 11) is 0. The SMILES string of the molecule is O=C(O)C1CC2CCC1N2Cc1c(-c2ccc(Cl)cc2)nc2sccn12. The molecule has 7 heteroatoms. The van der Waals surface area contributed by atoms with Crippen LogP contribution in [-0.4, -0.2) is 37.4 Å². The first-order chi connectivity index (χ1) is 12.6. The Bertz CT molecular complexity index is 981. The Kier molecular flexibility index (Phi) is 3.81. The van der Waals surface area contributed by atoms with Crippen molar-refractivity contribution in [1.82, 2.24) is 14.3 Å². The van der Waals surface area contributed by atoms with Crippen LogP contribution in [0.15, 0.2) is 35.8 Å². The number of imidazole rings is 1. The van der Waals surface area contributed by atoms with Crippen LogP contribution in [0.3, 0.4) is 0 Å². The second-order valence-corrected chi connectivity index (χ2v) is 8.43.